The maximum Gasteiger partial charge on any atom is 0.341 e. The van der Waals surface area contributed by atoms with Crippen LogP contribution in [-0.4, -0.2) is 31.1 Å². The second-order valence-corrected chi connectivity index (χ2v) is 9.36. The molecule has 1 heterocycles. The Morgan fingerprint density at radius 1 is 1.22 bits per heavy atom. The molecule has 1 amide bonds. The topological polar surface area (TPSA) is 81.7 Å². The number of rotatable bonds is 7. The zero-order valence-corrected chi connectivity index (χ0v) is 20.0. The molecule has 6 nitrogen and oxygen atoms in total. The molecular weight excluding hydrogens is 473 g/mol. The number of anilines is 1. The first-order valence-corrected chi connectivity index (χ1v) is 11.8. The molecule has 0 saturated heterocycles. The van der Waals surface area contributed by atoms with Crippen LogP contribution in [0.5, 0.6) is 0 Å². The number of ether oxygens (including phenoxy) is 2. The third kappa shape index (κ3) is 6.12. The van der Waals surface area contributed by atoms with Crippen molar-refractivity contribution >= 4 is 63.5 Å². The van der Waals surface area contributed by atoms with Crippen molar-refractivity contribution in [1.82, 2.24) is 0 Å². The second-order valence-electron chi connectivity index (χ2n) is 7.44. The number of thiophene rings is 1. The predicted molar refractivity (Wildman–Crippen MR) is 127 cm³/mol. The van der Waals surface area contributed by atoms with Gasteiger partial charge >= 0.3 is 11.9 Å². The van der Waals surface area contributed by atoms with Crippen molar-refractivity contribution in [3.05, 3.63) is 55.9 Å². The lowest BCUT2D eigenvalue weighted by Crippen LogP contribution is -2.21. The molecule has 0 radical (unpaired) electrons. The fourth-order valence-electron chi connectivity index (χ4n) is 3.39. The van der Waals surface area contributed by atoms with E-state index in [-0.39, 0.29) is 6.61 Å². The van der Waals surface area contributed by atoms with Gasteiger partial charge in [0.2, 0.25) is 0 Å². The van der Waals surface area contributed by atoms with E-state index in [1.807, 2.05) is 0 Å². The highest BCUT2D eigenvalue weighted by molar-refractivity contribution is 7.17. The second kappa shape index (κ2) is 11.0. The van der Waals surface area contributed by atoms with Crippen LogP contribution in [0.3, 0.4) is 0 Å². The number of hydrogen-bond acceptors (Lipinski definition) is 6. The molecule has 2 aromatic rings. The number of esters is 2. The average molecular weight is 496 g/mol. The lowest BCUT2D eigenvalue weighted by Gasteiger charge is -2.18. The van der Waals surface area contributed by atoms with Gasteiger partial charge in [-0.15, -0.1) is 11.3 Å². The normalized spacial score (nSPS) is 15.3. The Morgan fingerprint density at radius 3 is 2.72 bits per heavy atom. The van der Waals surface area contributed by atoms with Crippen molar-refractivity contribution in [2.75, 3.05) is 18.5 Å². The number of hydrogen-bond donors (Lipinski definition) is 1. The molecule has 1 N–H and O–H groups in total. The monoisotopic (exact) mass is 495 g/mol. The SMILES string of the molecule is CCOC(=O)c1c(NC(=O)COC(=O)/C=C/c2ccc(Cl)c(Cl)c2)sc2c1CCC(C)C2. The molecule has 1 atom stereocenters. The van der Waals surface area contributed by atoms with Gasteiger partial charge in [-0.2, -0.15) is 0 Å². The van der Waals surface area contributed by atoms with Crippen molar-refractivity contribution in [3.8, 4) is 0 Å². The molecule has 1 aliphatic carbocycles. The summed E-state index contributed by atoms with van der Waals surface area (Å²) in [7, 11) is 0. The lowest BCUT2D eigenvalue weighted by molar-refractivity contribution is -0.142. The van der Waals surface area contributed by atoms with Gasteiger partial charge in [0.25, 0.3) is 5.91 Å². The molecule has 3 rings (SSSR count). The summed E-state index contributed by atoms with van der Waals surface area (Å²) in [5.41, 5.74) is 2.03. The predicted octanol–water partition coefficient (Wildman–Crippen LogP) is 5.55. The van der Waals surface area contributed by atoms with Crippen LogP contribution in [0.15, 0.2) is 24.3 Å². The summed E-state index contributed by atoms with van der Waals surface area (Å²) < 4.78 is 10.2. The van der Waals surface area contributed by atoms with Gasteiger partial charge in [0.1, 0.15) is 5.00 Å². The highest BCUT2D eigenvalue weighted by atomic mass is 35.5. The number of carbonyl (C=O) groups excluding carboxylic acids is 3. The molecule has 1 aromatic carbocycles. The molecular formula is C23H23Cl2NO5S. The zero-order valence-electron chi connectivity index (χ0n) is 17.7. The number of benzene rings is 1. The Labute approximate surface area is 200 Å². The van der Waals surface area contributed by atoms with Crippen LogP contribution in [-0.2, 0) is 31.9 Å². The van der Waals surface area contributed by atoms with Crippen molar-refractivity contribution in [2.45, 2.75) is 33.1 Å². The fraction of sp³-hybridized carbons (Fsp3) is 0.348. The molecule has 0 saturated carbocycles. The Balaban J connectivity index is 1.63. The third-order valence-electron chi connectivity index (χ3n) is 4.95. The van der Waals surface area contributed by atoms with Crippen LogP contribution in [0.1, 0.15) is 46.6 Å². The Hall–Kier alpha value is -2.35. The summed E-state index contributed by atoms with van der Waals surface area (Å²) in [5, 5.41) is 3.93. The fourth-order valence-corrected chi connectivity index (χ4v) is 5.11. The van der Waals surface area contributed by atoms with Crippen molar-refractivity contribution < 1.29 is 23.9 Å². The molecule has 0 bridgehead atoms. The molecule has 0 spiro atoms. The number of halogens is 2. The maximum atomic E-state index is 12.5. The first-order valence-electron chi connectivity index (χ1n) is 10.2. The Kier molecular flexibility index (Phi) is 8.34. The summed E-state index contributed by atoms with van der Waals surface area (Å²) in [5.74, 6) is -1.14. The molecule has 0 fully saturated rings. The van der Waals surface area contributed by atoms with E-state index in [0.29, 0.717) is 32.1 Å². The largest absolute Gasteiger partial charge is 0.462 e. The van der Waals surface area contributed by atoms with Crippen LogP contribution in [0, 0.1) is 5.92 Å². The number of amides is 1. The van der Waals surface area contributed by atoms with Gasteiger partial charge in [0.05, 0.1) is 22.2 Å². The van der Waals surface area contributed by atoms with E-state index in [4.69, 9.17) is 32.7 Å². The van der Waals surface area contributed by atoms with Gasteiger partial charge in [0, 0.05) is 11.0 Å². The Morgan fingerprint density at radius 2 is 2.00 bits per heavy atom. The maximum absolute atomic E-state index is 12.5. The Bertz CT molecular complexity index is 1060. The summed E-state index contributed by atoms with van der Waals surface area (Å²) >= 11 is 13.2. The van der Waals surface area contributed by atoms with Crippen LogP contribution in [0.25, 0.3) is 6.08 Å². The average Bonchev–Trinajstić information content (AvgIpc) is 3.10. The molecule has 9 heteroatoms. The van der Waals surface area contributed by atoms with E-state index in [1.165, 1.54) is 23.5 Å². The van der Waals surface area contributed by atoms with Gasteiger partial charge < -0.3 is 14.8 Å². The third-order valence-corrected chi connectivity index (χ3v) is 6.85. The number of nitrogens with one attached hydrogen (secondary N) is 1. The van der Waals surface area contributed by atoms with Crippen LogP contribution < -0.4 is 5.32 Å². The van der Waals surface area contributed by atoms with Crippen LogP contribution in [0.2, 0.25) is 10.0 Å². The van der Waals surface area contributed by atoms with E-state index in [9.17, 15) is 14.4 Å². The minimum Gasteiger partial charge on any atom is -0.462 e. The first-order chi connectivity index (χ1) is 15.3. The van der Waals surface area contributed by atoms with E-state index < -0.39 is 24.5 Å². The zero-order chi connectivity index (χ0) is 23.3. The summed E-state index contributed by atoms with van der Waals surface area (Å²) in [6.45, 7) is 3.67. The molecule has 1 aromatic heterocycles. The first kappa shape index (κ1) is 24.3. The summed E-state index contributed by atoms with van der Waals surface area (Å²) in [4.78, 5) is 38.0. The molecule has 32 heavy (non-hydrogen) atoms. The van der Waals surface area contributed by atoms with Crippen LogP contribution in [0.4, 0.5) is 5.00 Å². The minimum absolute atomic E-state index is 0.246. The number of carbonyl (C=O) groups is 3. The number of fused-ring (bicyclic) bond motifs is 1. The van der Waals surface area contributed by atoms with Crippen molar-refractivity contribution in [3.63, 3.8) is 0 Å². The smallest absolute Gasteiger partial charge is 0.341 e. The van der Waals surface area contributed by atoms with Gasteiger partial charge in [-0.3, -0.25) is 4.79 Å². The van der Waals surface area contributed by atoms with Gasteiger partial charge in [-0.25, -0.2) is 9.59 Å². The highest BCUT2D eigenvalue weighted by Gasteiger charge is 2.29. The lowest BCUT2D eigenvalue weighted by atomic mass is 9.88. The molecule has 170 valence electrons. The van der Waals surface area contributed by atoms with Gasteiger partial charge in [-0.1, -0.05) is 36.2 Å². The van der Waals surface area contributed by atoms with Crippen LogP contribution >= 0.6 is 34.5 Å². The van der Waals surface area contributed by atoms with Gasteiger partial charge in [0.15, 0.2) is 6.61 Å². The van der Waals surface area contributed by atoms with Crippen molar-refractivity contribution in [1.29, 1.82) is 0 Å². The van der Waals surface area contributed by atoms with Crippen molar-refractivity contribution in [2.24, 2.45) is 5.92 Å². The molecule has 1 unspecified atom stereocenters. The standard InChI is InChI=1S/C23H23Cl2NO5S/c1-3-30-23(29)21-15-7-4-13(2)10-18(15)32-22(21)26-19(27)12-31-20(28)9-6-14-5-8-16(24)17(25)11-14/h5-6,8-9,11,13H,3-4,7,10,12H2,1-2H3,(H,26,27)/b9-6+. The minimum atomic E-state index is -0.684. The van der Waals surface area contributed by atoms with Gasteiger partial charge in [-0.05, 0) is 61.4 Å². The highest BCUT2D eigenvalue weighted by Crippen LogP contribution is 2.40. The van der Waals surface area contributed by atoms with E-state index in [1.54, 1.807) is 25.1 Å². The molecule has 0 aliphatic heterocycles. The molecule has 1 aliphatic rings. The quantitative estimate of drug-likeness (QED) is 0.402. The van der Waals surface area contributed by atoms with E-state index >= 15 is 0 Å². The van der Waals surface area contributed by atoms with E-state index in [2.05, 4.69) is 12.2 Å². The van der Waals surface area contributed by atoms with E-state index in [0.717, 1.165) is 29.7 Å². The summed E-state index contributed by atoms with van der Waals surface area (Å²) in [6.07, 6.45) is 5.31. The summed E-state index contributed by atoms with van der Waals surface area (Å²) in [6, 6.07) is 4.92.